The highest BCUT2D eigenvalue weighted by Crippen LogP contribution is 2.24. The van der Waals surface area contributed by atoms with Crippen LogP contribution in [-0.4, -0.2) is 39.9 Å². The fourth-order valence-corrected chi connectivity index (χ4v) is 2.45. The average Bonchev–Trinajstić information content (AvgIpc) is 2.95. The summed E-state index contributed by atoms with van der Waals surface area (Å²) in [5.41, 5.74) is 0. The van der Waals surface area contributed by atoms with Crippen molar-refractivity contribution in [3.8, 4) is 0 Å². The third kappa shape index (κ3) is 3.80. The first kappa shape index (κ1) is 15.0. The van der Waals surface area contributed by atoms with Gasteiger partial charge in [0.25, 0.3) is 5.91 Å². The molecule has 2 rings (SSSR count). The van der Waals surface area contributed by atoms with E-state index in [4.69, 9.17) is 9.52 Å². The summed E-state index contributed by atoms with van der Waals surface area (Å²) in [5.74, 6) is -1.35. The average molecular weight is 296 g/mol. The SMILES string of the molecule is O=C(O)CCC1CCN(C(=O)c2ccc([N+](=O)[O-])o2)CC1. The van der Waals surface area contributed by atoms with E-state index in [0.717, 1.165) is 18.9 Å². The standard InChI is InChI=1S/C13H16N2O6/c16-12(17)4-1-9-5-7-14(8-6-9)13(18)10-2-3-11(21-10)15(19)20/h2-3,9H,1,4-8H2,(H,16,17). The molecule has 1 amide bonds. The second-order valence-corrected chi connectivity index (χ2v) is 5.06. The number of amides is 1. The van der Waals surface area contributed by atoms with Crippen LogP contribution in [0.2, 0.25) is 0 Å². The van der Waals surface area contributed by atoms with E-state index in [1.165, 1.54) is 6.07 Å². The van der Waals surface area contributed by atoms with E-state index in [9.17, 15) is 19.7 Å². The zero-order valence-corrected chi connectivity index (χ0v) is 11.4. The summed E-state index contributed by atoms with van der Waals surface area (Å²) in [6.07, 6.45) is 2.23. The van der Waals surface area contributed by atoms with Crippen molar-refractivity contribution in [2.24, 2.45) is 5.92 Å². The van der Waals surface area contributed by atoms with Gasteiger partial charge in [0.05, 0.1) is 6.07 Å². The number of aliphatic carboxylic acids is 1. The number of furan rings is 1. The van der Waals surface area contributed by atoms with Crippen molar-refractivity contribution in [3.05, 3.63) is 28.0 Å². The summed E-state index contributed by atoms with van der Waals surface area (Å²) < 4.78 is 4.90. The van der Waals surface area contributed by atoms with E-state index in [2.05, 4.69) is 0 Å². The van der Waals surface area contributed by atoms with Crippen molar-refractivity contribution >= 4 is 17.8 Å². The first-order valence-electron chi connectivity index (χ1n) is 6.72. The van der Waals surface area contributed by atoms with Crippen LogP contribution in [0.25, 0.3) is 0 Å². The number of carboxylic acids is 1. The Hall–Kier alpha value is -2.38. The fourth-order valence-electron chi connectivity index (χ4n) is 2.45. The van der Waals surface area contributed by atoms with Crippen LogP contribution < -0.4 is 0 Å². The zero-order valence-electron chi connectivity index (χ0n) is 11.4. The number of likely N-dealkylation sites (tertiary alicyclic amines) is 1. The Morgan fingerprint density at radius 2 is 2.05 bits per heavy atom. The number of rotatable bonds is 5. The van der Waals surface area contributed by atoms with Crippen molar-refractivity contribution in [2.75, 3.05) is 13.1 Å². The minimum absolute atomic E-state index is 0.0364. The Bertz CT molecular complexity index is 545. The second-order valence-electron chi connectivity index (χ2n) is 5.06. The lowest BCUT2D eigenvalue weighted by Crippen LogP contribution is -2.38. The quantitative estimate of drug-likeness (QED) is 0.655. The molecule has 1 fully saturated rings. The van der Waals surface area contributed by atoms with Gasteiger partial charge in [0.1, 0.15) is 4.92 Å². The smallest absolute Gasteiger partial charge is 0.433 e. The van der Waals surface area contributed by atoms with Crippen LogP contribution in [0.5, 0.6) is 0 Å². The van der Waals surface area contributed by atoms with Gasteiger partial charge >= 0.3 is 11.9 Å². The number of hydrogen-bond acceptors (Lipinski definition) is 5. The summed E-state index contributed by atoms with van der Waals surface area (Å²) in [6.45, 7) is 1.02. The van der Waals surface area contributed by atoms with E-state index >= 15 is 0 Å². The summed E-state index contributed by atoms with van der Waals surface area (Å²) in [4.78, 5) is 34.1. The van der Waals surface area contributed by atoms with Gasteiger partial charge in [0, 0.05) is 19.5 Å². The molecule has 0 atom stereocenters. The molecule has 1 aliphatic rings. The normalized spacial score (nSPS) is 15.9. The van der Waals surface area contributed by atoms with Crippen molar-refractivity contribution in [1.82, 2.24) is 4.90 Å². The maximum absolute atomic E-state index is 12.1. The van der Waals surface area contributed by atoms with Gasteiger partial charge in [-0.3, -0.25) is 19.7 Å². The molecule has 0 spiro atoms. The molecule has 2 heterocycles. The van der Waals surface area contributed by atoms with Crippen molar-refractivity contribution < 1.29 is 24.0 Å². The lowest BCUT2D eigenvalue weighted by atomic mass is 9.92. The Labute approximate surface area is 120 Å². The Balaban J connectivity index is 1.87. The van der Waals surface area contributed by atoms with Crippen molar-refractivity contribution in [3.63, 3.8) is 0 Å². The third-order valence-electron chi connectivity index (χ3n) is 3.65. The molecule has 8 nitrogen and oxygen atoms in total. The largest absolute Gasteiger partial charge is 0.481 e. The maximum Gasteiger partial charge on any atom is 0.433 e. The molecule has 0 saturated carbocycles. The number of nitro groups is 1. The number of piperidine rings is 1. The summed E-state index contributed by atoms with van der Waals surface area (Å²) in [7, 11) is 0. The second kappa shape index (κ2) is 6.38. The molecule has 0 aromatic carbocycles. The molecule has 1 N–H and O–H groups in total. The summed E-state index contributed by atoms with van der Waals surface area (Å²) in [6, 6.07) is 2.46. The molecule has 21 heavy (non-hydrogen) atoms. The number of carboxylic acid groups (broad SMARTS) is 1. The molecule has 1 aromatic heterocycles. The third-order valence-corrected chi connectivity index (χ3v) is 3.65. The monoisotopic (exact) mass is 296 g/mol. The van der Waals surface area contributed by atoms with Crippen LogP contribution >= 0.6 is 0 Å². The molecule has 0 unspecified atom stereocenters. The van der Waals surface area contributed by atoms with Gasteiger partial charge < -0.3 is 14.4 Å². The lowest BCUT2D eigenvalue weighted by molar-refractivity contribution is -0.402. The maximum atomic E-state index is 12.1. The van der Waals surface area contributed by atoms with Gasteiger partial charge in [-0.1, -0.05) is 0 Å². The molecule has 1 saturated heterocycles. The molecule has 8 heteroatoms. The topological polar surface area (TPSA) is 114 Å². The first-order valence-corrected chi connectivity index (χ1v) is 6.72. The van der Waals surface area contributed by atoms with Crippen LogP contribution in [0.3, 0.4) is 0 Å². The molecular formula is C13H16N2O6. The molecule has 0 aliphatic carbocycles. The molecular weight excluding hydrogens is 280 g/mol. The lowest BCUT2D eigenvalue weighted by Gasteiger charge is -2.31. The van der Waals surface area contributed by atoms with Crippen molar-refractivity contribution in [2.45, 2.75) is 25.7 Å². The molecule has 1 aromatic rings. The van der Waals surface area contributed by atoms with Gasteiger partial charge in [0.2, 0.25) is 0 Å². The zero-order chi connectivity index (χ0) is 15.4. The van der Waals surface area contributed by atoms with Crippen molar-refractivity contribution in [1.29, 1.82) is 0 Å². The van der Waals surface area contributed by atoms with Gasteiger partial charge in [-0.2, -0.15) is 0 Å². The molecule has 114 valence electrons. The van der Waals surface area contributed by atoms with Crippen LogP contribution in [-0.2, 0) is 4.79 Å². The van der Waals surface area contributed by atoms with Crippen LogP contribution in [0.15, 0.2) is 16.5 Å². The number of carbonyl (C=O) groups is 2. The number of carbonyl (C=O) groups excluding carboxylic acids is 1. The summed E-state index contributed by atoms with van der Waals surface area (Å²) >= 11 is 0. The molecule has 0 radical (unpaired) electrons. The van der Waals surface area contributed by atoms with E-state index in [1.807, 2.05) is 0 Å². The highest BCUT2D eigenvalue weighted by molar-refractivity contribution is 5.91. The summed E-state index contributed by atoms with van der Waals surface area (Å²) in [5, 5.41) is 19.2. The number of hydrogen-bond donors (Lipinski definition) is 1. The predicted molar refractivity (Wildman–Crippen MR) is 70.9 cm³/mol. The van der Waals surface area contributed by atoms with Crippen LogP contribution in [0, 0.1) is 16.0 Å². The predicted octanol–water partition coefficient (Wildman–Crippen LogP) is 1.90. The van der Waals surface area contributed by atoms with E-state index in [0.29, 0.717) is 25.4 Å². The van der Waals surface area contributed by atoms with Crippen LogP contribution in [0.1, 0.15) is 36.2 Å². The van der Waals surface area contributed by atoms with Gasteiger partial charge in [-0.05, 0) is 31.2 Å². The molecule has 1 aliphatic heterocycles. The Morgan fingerprint density at radius 1 is 1.38 bits per heavy atom. The van der Waals surface area contributed by atoms with Crippen LogP contribution in [0.4, 0.5) is 5.88 Å². The van der Waals surface area contributed by atoms with Gasteiger partial charge in [-0.25, -0.2) is 0 Å². The Kier molecular flexibility index (Phi) is 4.56. The van der Waals surface area contributed by atoms with E-state index < -0.39 is 16.8 Å². The minimum atomic E-state index is -0.809. The minimum Gasteiger partial charge on any atom is -0.481 e. The highest BCUT2D eigenvalue weighted by atomic mass is 16.6. The highest BCUT2D eigenvalue weighted by Gasteiger charge is 2.27. The molecule has 0 bridgehead atoms. The van der Waals surface area contributed by atoms with E-state index in [1.54, 1.807) is 4.90 Å². The Morgan fingerprint density at radius 3 is 2.57 bits per heavy atom. The van der Waals surface area contributed by atoms with Gasteiger partial charge in [-0.15, -0.1) is 0 Å². The first-order chi connectivity index (χ1) is 9.97. The van der Waals surface area contributed by atoms with E-state index in [-0.39, 0.29) is 18.1 Å². The fraction of sp³-hybridized carbons (Fsp3) is 0.538. The number of nitrogens with zero attached hydrogens (tertiary/aromatic N) is 2. The van der Waals surface area contributed by atoms with Gasteiger partial charge in [0.15, 0.2) is 5.76 Å².